The molecule has 0 aromatic heterocycles. The fourth-order valence-corrected chi connectivity index (χ4v) is 11.2. The molecule has 0 unspecified atom stereocenters. The Morgan fingerprint density at radius 2 is 1.26 bits per heavy atom. The van der Waals surface area contributed by atoms with Gasteiger partial charge in [0.2, 0.25) is 5.78 Å². The van der Waals surface area contributed by atoms with Gasteiger partial charge in [-0.2, -0.15) is 0 Å². The molecule has 0 saturated heterocycles. The van der Waals surface area contributed by atoms with Crippen molar-refractivity contribution in [3.05, 3.63) is 23.8 Å². The Kier molecular flexibility index (Phi) is 18.0. The lowest BCUT2D eigenvalue weighted by Crippen LogP contribution is -2.63. The second kappa shape index (κ2) is 21.9. The number of aliphatic hydroxyl groups is 1. The molecule has 0 amide bonds. The van der Waals surface area contributed by atoms with Gasteiger partial charge in [0, 0.05) is 29.6 Å². The normalized spacial score (nSPS) is 29.9. The third-order valence-corrected chi connectivity index (χ3v) is 14.2. The molecule has 4 rings (SSSR count). The fourth-order valence-electron chi connectivity index (χ4n) is 11.2. The maximum absolute atomic E-state index is 13.9. The van der Waals surface area contributed by atoms with Crippen molar-refractivity contribution in [3.8, 4) is 0 Å². The highest BCUT2D eigenvalue weighted by Gasteiger charge is 2.71. The molecule has 0 radical (unpaired) electrons. The van der Waals surface area contributed by atoms with Gasteiger partial charge >= 0.3 is 11.9 Å². The monoisotopic (exact) mass is 753 g/mol. The Morgan fingerprint density at radius 3 is 1.80 bits per heavy atom. The number of fused-ring (bicyclic) bond motifs is 5. The van der Waals surface area contributed by atoms with Crippen LogP contribution >= 0.6 is 0 Å². The topological polar surface area (TPSA) is 107 Å². The number of esters is 2. The van der Waals surface area contributed by atoms with Gasteiger partial charge in [0.15, 0.2) is 11.4 Å². The number of ether oxygens (including phenoxy) is 2. The molecule has 0 spiro atoms. The van der Waals surface area contributed by atoms with E-state index in [-0.39, 0.29) is 41.9 Å². The lowest BCUT2D eigenvalue weighted by atomic mass is 9.46. The Hall–Kier alpha value is -2.28. The summed E-state index contributed by atoms with van der Waals surface area (Å²) in [5.74, 6) is -0.940. The highest BCUT2D eigenvalue weighted by atomic mass is 16.6. The molecule has 54 heavy (non-hydrogen) atoms. The van der Waals surface area contributed by atoms with Gasteiger partial charge in [-0.05, 0) is 68.9 Å². The average Bonchev–Trinajstić information content (AvgIpc) is 3.44. The minimum absolute atomic E-state index is 0.00109. The van der Waals surface area contributed by atoms with E-state index in [9.17, 15) is 24.3 Å². The average molecular weight is 753 g/mol. The number of hydrogen-bond donors (Lipinski definition) is 1. The molecule has 4 aliphatic carbocycles. The lowest BCUT2D eigenvalue weighted by molar-refractivity contribution is -0.206. The number of carbonyl (C=O) groups excluding carboxylic acids is 4. The van der Waals surface area contributed by atoms with E-state index in [4.69, 9.17) is 9.47 Å². The van der Waals surface area contributed by atoms with Gasteiger partial charge in [-0.3, -0.25) is 19.2 Å². The van der Waals surface area contributed by atoms with Gasteiger partial charge in [0.25, 0.3) is 0 Å². The number of ketones is 2. The van der Waals surface area contributed by atoms with Crippen LogP contribution in [-0.4, -0.2) is 46.9 Å². The highest BCUT2D eigenvalue weighted by Crippen LogP contribution is 2.68. The minimum atomic E-state index is -1.45. The number of unbranched alkanes of at least 4 members (excludes halogenated alkanes) is 18. The molecule has 0 heterocycles. The van der Waals surface area contributed by atoms with Gasteiger partial charge in [-0.25, -0.2) is 0 Å². The van der Waals surface area contributed by atoms with Gasteiger partial charge in [0.05, 0.1) is 0 Å². The van der Waals surface area contributed by atoms with E-state index in [2.05, 4.69) is 27.7 Å². The summed E-state index contributed by atoms with van der Waals surface area (Å²) in [6.45, 7) is 8.00. The lowest BCUT2D eigenvalue weighted by Gasteiger charge is -2.60. The predicted molar refractivity (Wildman–Crippen MR) is 216 cm³/mol. The molecule has 0 aliphatic heterocycles. The van der Waals surface area contributed by atoms with Crippen molar-refractivity contribution >= 4 is 23.5 Å². The van der Waals surface area contributed by atoms with Crippen LogP contribution in [0.2, 0.25) is 0 Å². The molecule has 0 aromatic rings. The third-order valence-electron chi connectivity index (χ3n) is 14.2. The van der Waals surface area contributed by atoms with Crippen molar-refractivity contribution in [2.75, 3.05) is 6.61 Å². The van der Waals surface area contributed by atoms with Crippen molar-refractivity contribution in [1.29, 1.82) is 0 Å². The summed E-state index contributed by atoms with van der Waals surface area (Å²) < 4.78 is 12.9. The molecule has 0 bridgehead atoms. The second-order valence-corrected chi connectivity index (χ2v) is 18.0. The standard InChI is InChI=1S/C47H76O7/c1-5-7-9-11-13-14-15-16-17-18-20-21-23-25-42(51)53-40-34-46(4)39(38-28-27-36-33-37(49)29-31-45(36,3)44(38)40)30-32-47(46,41(50)35-48)54-43(52)26-24-22-19-12-10-8-6-2/h29,31,33,38-40,44,48H,5-28,30,32,34-35H2,1-4H3/t38-,39-,40-,44+,45-,46-,47-/m0/s1. The maximum Gasteiger partial charge on any atom is 0.306 e. The van der Waals surface area contributed by atoms with Crippen LogP contribution in [0.4, 0.5) is 0 Å². The molecular formula is C47H76O7. The maximum atomic E-state index is 13.9. The first kappa shape index (κ1) is 44.4. The Balaban J connectivity index is 1.41. The van der Waals surface area contributed by atoms with Crippen molar-refractivity contribution in [2.45, 2.75) is 213 Å². The largest absolute Gasteiger partial charge is 0.462 e. The Bertz CT molecular complexity index is 1280. The molecular weight excluding hydrogens is 677 g/mol. The van der Waals surface area contributed by atoms with Crippen LogP contribution < -0.4 is 0 Å². The van der Waals surface area contributed by atoms with Gasteiger partial charge in [0.1, 0.15) is 12.7 Å². The number of allylic oxidation sites excluding steroid dienone is 4. The Labute approximate surface area is 328 Å². The molecule has 4 aliphatic rings. The molecule has 0 aromatic carbocycles. The predicted octanol–water partition coefficient (Wildman–Crippen LogP) is 11.3. The number of rotatable bonds is 26. The van der Waals surface area contributed by atoms with Crippen molar-refractivity contribution in [3.63, 3.8) is 0 Å². The van der Waals surface area contributed by atoms with Crippen LogP contribution in [0.25, 0.3) is 0 Å². The molecule has 3 fully saturated rings. The summed E-state index contributed by atoms with van der Waals surface area (Å²) in [6, 6.07) is 0. The van der Waals surface area contributed by atoms with E-state index in [0.29, 0.717) is 25.7 Å². The summed E-state index contributed by atoms with van der Waals surface area (Å²) in [5.41, 5.74) is -1.60. The van der Waals surface area contributed by atoms with Crippen LogP contribution in [0.1, 0.15) is 201 Å². The smallest absolute Gasteiger partial charge is 0.306 e. The van der Waals surface area contributed by atoms with Crippen LogP contribution in [-0.2, 0) is 28.7 Å². The summed E-state index contributed by atoms with van der Waals surface area (Å²) in [7, 11) is 0. The molecule has 7 heteroatoms. The van der Waals surface area contributed by atoms with Crippen molar-refractivity contribution in [2.24, 2.45) is 28.6 Å². The minimum Gasteiger partial charge on any atom is -0.462 e. The van der Waals surface area contributed by atoms with Gasteiger partial charge < -0.3 is 14.6 Å². The number of aliphatic hydroxyl groups excluding tert-OH is 1. The first-order chi connectivity index (χ1) is 26.1. The Morgan fingerprint density at radius 1 is 0.741 bits per heavy atom. The van der Waals surface area contributed by atoms with Gasteiger partial charge in [-0.15, -0.1) is 0 Å². The quantitative estimate of drug-likeness (QED) is 0.0692. The highest BCUT2D eigenvalue weighted by molar-refractivity contribution is 6.01. The first-order valence-electron chi connectivity index (χ1n) is 22.6. The number of carbonyl (C=O) groups is 4. The molecule has 7 atom stereocenters. The van der Waals surface area contributed by atoms with Crippen molar-refractivity contribution < 1.29 is 33.8 Å². The second-order valence-electron chi connectivity index (χ2n) is 18.0. The van der Waals surface area contributed by atoms with Crippen LogP contribution in [0.3, 0.4) is 0 Å². The zero-order chi connectivity index (χ0) is 39.0. The van der Waals surface area contributed by atoms with Crippen LogP contribution in [0, 0.1) is 28.6 Å². The SMILES string of the molecule is CCCCCCCCCCCCCCCC(=O)O[C@H]1C[C@@]2(C)[C@@H](CC[C@]2(OC(=O)CCCCCCCCC)C(=O)CO)[C@@H]2CCC3=CC(=O)C=C[C@]3(C)[C@H]21. The molecule has 7 nitrogen and oxygen atoms in total. The zero-order valence-electron chi connectivity index (χ0n) is 34.7. The molecule has 306 valence electrons. The number of hydrogen-bond acceptors (Lipinski definition) is 7. The molecule has 1 N–H and O–H groups in total. The van der Waals surface area contributed by atoms with Crippen LogP contribution in [0.15, 0.2) is 23.8 Å². The van der Waals surface area contributed by atoms with E-state index >= 15 is 0 Å². The molecule has 3 saturated carbocycles. The summed E-state index contributed by atoms with van der Waals surface area (Å²) >= 11 is 0. The third kappa shape index (κ3) is 11.0. The first-order valence-corrected chi connectivity index (χ1v) is 22.6. The van der Waals surface area contributed by atoms with E-state index in [0.717, 1.165) is 63.4 Å². The van der Waals surface area contributed by atoms with Crippen LogP contribution in [0.5, 0.6) is 0 Å². The van der Waals surface area contributed by atoms with E-state index < -0.39 is 34.9 Å². The van der Waals surface area contributed by atoms with E-state index in [1.54, 1.807) is 12.2 Å². The van der Waals surface area contributed by atoms with Gasteiger partial charge in [-0.1, -0.05) is 155 Å². The van der Waals surface area contributed by atoms with E-state index in [1.807, 2.05) is 6.08 Å². The van der Waals surface area contributed by atoms with E-state index in [1.165, 1.54) is 83.5 Å². The summed E-state index contributed by atoms with van der Waals surface area (Å²) in [4.78, 5) is 53.5. The summed E-state index contributed by atoms with van der Waals surface area (Å²) in [6.07, 6.45) is 32.2. The zero-order valence-corrected chi connectivity index (χ0v) is 34.7. The van der Waals surface area contributed by atoms with Crippen molar-refractivity contribution in [1.82, 2.24) is 0 Å². The fraction of sp³-hybridized carbons (Fsp3) is 0.830. The number of Topliss-reactive ketones (excluding diaryl/α,β-unsaturated/α-hetero) is 1. The summed E-state index contributed by atoms with van der Waals surface area (Å²) in [5, 5.41) is 10.3.